The molecular weight excluding hydrogens is 378 g/mol. The van der Waals surface area contributed by atoms with E-state index in [1.165, 1.54) is 10.9 Å². The molecule has 0 aliphatic carbocycles. The number of aromatic nitrogens is 4. The highest BCUT2D eigenvalue weighted by Gasteiger charge is 2.30. The molecule has 7 heteroatoms. The van der Waals surface area contributed by atoms with E-state index in [0.29, 0.717) is 24.0 Å². The fourth-order valence-corrected chi connectivity index (χ4v) is 4.27. The number of nitrogens with one attached hydrogen (secondary N) is 1. The van der Waals surface area contributed by atoms with Gasteiger partial charge in [0.1, 0.15) is 5.82 Å². The molecule has 4 aromatic rings. The van der Waals surface area contributed by atoms with Gasteiger partial charge in [0.05, 0.1) is 34.3 Å². The minimum Gasteiger partial charge on any atom is -0.340 e. The number of aromatic amines is 1. The quantitative estimate of drug-likeness (QED) is 0.568. The van der Waals surface area contributed by atoms with E-state index in [2.05, 4.69) is 9.97 Å². The Balaban J connectivity index is 1.35. The van der Waals surface area contributed by atoms with E-state index in [0.717, 1.165) is 36.1 Å². The zero-order chi connectivity index (χ0) is 20.5. The highest BCUT2D eigenvalue weighted by Crippen LogP contribution is 2.31. The third-order valence-electron chi connectivity index (χ3n) is 5.84. The third-order valence-corrected chi connectivity index (χ3v) is 5.84. The Morgan fingerprint density at radius 1 is 1.07 bits per heavy atom. The minimum absolute atomic E-state index is 0.0419. The average molecular weight is 401 g/mol. The molecule has 0 bridgehead atoms. The molecule has 30 heavy (non-hydrogen) atoms. The highest BCUT2D eigenvalue weighted by atomic mass is 16.2. The van der Waals surface area contributed by atoms with Crippen molar-refractivity contribution in [1.82, 2.24) is 24.4 Å². The van der Waals surface area contributed by atoms with Crippen molar-refractivity contribution >= 4 is 27.8 Å². The summed E-state index contributed by atoms with van der Waals surface area (Å²) in [5, 5.41) is 0.575. The van der Waals surface area contributed by atoms with Crippen LogP contribution in [0, 0.1) is 0 Å². The molecule has 1 N–H and O–H groups in total. The van der Waals surface area contributed by atoms with Gasteiger partial charge in [-0.3, -0.25) is 14.2 Å². The van der Waals surface area contributed by atoms with E-state index in [1.54, 1.807) is 6.07 Å². The van der Waals surface area contributed by atoms with Gasteiger partial charge >= 0.3 is 0 Å². The largest absolute Gasteiger partial charge is 0.340 e. The summed E-state index contributed by atoms with van der Waals surface area (Å²) in [4.78, 5) is 40.1. The van der Waals surface area contributed by atoms with Crippen LogP contribution in [0.25, 0.3) is 21.9 Å². The number of likely N-dealkylation sites (tertiary alicyclic amines) is 1. The fourth-order valence-electron chi connectivity index (χ4n) is 4.27. The molecule has 152 valence electrons. The number of nitrogens with zero attached hydrogens (tertiary/aromatic N) is 4. The molecule has 1 saturated heterocycles. The molecular formula is C23H23N5O2. The van der Waals surface area contributed by atoms with Crippen LogP contribution in [0.15, 0.2) is 59.7 Å². The van der Waals surface area contributed by atoms with Crippen LogP contribution in [-0.4, -0.2) is 36.9 Å². The zero-order valence-corrected chi connectivity index (χ0v) is 16.6. The number of amides is 1. The first-order chi connectivity index (χ1) is 14.7. The minimum atomic E-state index is -0.110. The third kappa shape index (κ3) is 3.36. The lowest BCUT2D eigenvalue weighted by Gasteiger charge is -2.34. The number of hydrogen-bond acceptors (Lipinski definition) is 4. The first-order valence-electron chi connectivity index (χ1n) is 10.4. The normalized spacial score (nSPS) is 16.9. The summed E-state index contributed by atoms with van der Waals surface area (Å²) < 4.78 is 1.53. The highest BCUT2D eigenvalue weighted by molar-refractivity contribution is 5.78. The van der Waals surface area contributed by atoms with Gasteiger partial charge in [-0.15, -0.1) is 0 Å². The molecule has 2 aromatic carbocycles. The van der Waals surface area contributed by atoms with Gasteiger partial charge in [-0.1, -0.05) is 24.3 Å². The van der Waals surface area contributed by atoms with Gasteiger partial charge in [-0.25, -0.2) is 9.97 Å². The van der Waals surface area contributed by atoms with Crippen LogP contribution in [0.2, 0.25) is 0 Å². The number of imidazole rings is 1. The maximum Gasteiger partial charge on any atom is 0.261 e. The van der Waals surface area contributed by atoms with Gasteiger partial charge in [-0.2, -0.15) is 0 Å². The van der Waals surface area contributed by atoms with E-state index >= 15 is 0 Å². The van der Waals surface area contributed by atoms with Crippen LogP contribution in [-0.2, 0) is 11.3 Å². The lowest BCUT2D eigenvalue weighted by molar-refractivity contribution is -0.135. The summed E-state index contributed by atoms with van der Waals surface area (Å²) in [7, 11) is 0. The first kappa shape index (κ1) is 18.5. The topological polar surface area (TPSA) is 83.9 Å². The fraction of sp³-hybridized carbons (Fsp3) is 0.304. The number of aryl methyl sites for hydroxylation is 1. The summed E-state index contributed by atoms with van der Waals surface area (Å²) in [5.41, 5.74) is 2.46. The van der Waals surface area contributed by atoms with Crippen LogP contribution in [0.1, 0.15) is 37.5 Å². The number of hydrogen-bond donors (Lipinski definition) is 1. The van der Waals surface area contributed by atoms with Crippen LogP contribution in [0.5, 0.6) is 0 Å². The number of benzene rings is 2. The molecule has 3 heterocycles. The number of H-pyrrole nitrogens is 1. The standard InChI is InChI=1S/C23H23N5O2/c29-21(12-14-27-15-24-17-8-2-1-7-16(17)23(27)30)28-13-6-5-11-20(28)22-25-18-9-3-4-10-19(18)26-22/h1-4,7-10,15,20H,5-6,11-14H2,(H,25,26)/t20-/m1/s1. The van der Waals surface area contributed by atoms with Crippen LogP contribution in [0.3, 0.4) is 0 Å². The molecule has 2 aromatic heterocycles. The summed E-state index contributed by atoms with van der Waals surface area (Å²) in [6.07, 6.45) is 4.74. The van der Waals surface area contributed by atoms with Crippen molar-refractivity contribution in [3.8, 4) is 0 Å². The van der Waals surface area contributed by atoms with Crippen LogP contribution in [0.4, 0.5) is 0 Å². The predicted molar refractivity (Wildman–Crippen MR) is 115 cm³/mol. The van der Waals surface area contributed by atoms with Crippen molar-refractivity contribution in [2.24, 2.45) is 0 Å². The number of fused-ring (bicyclic) bond motifs is 2. The summed E-state index contributed by atoms with van der Waals surface area (Å²) in [6, 6.07) is 15.1. The van der Waals surface area contributed by atoms with Crippen LogP contribution >= 0.6 is 0 Å². The van der Waals surface area contributed by atoms with Gasteiger partial charge in [0, 0.05) is 19.5 Å². The summed E-state index contributed by atoms with van der Waals surface area (Å²) in [5.74, 6) is 0.883. The Bertz CT molecular complexity index is 1240. The molecule has 0 radical (unpaired) electrons. The van der Waals surface area contributed by atoms with E-state index in [1.807, 2.05) is 47.4 Å². The van der Waals surface area contributed by atoms with Gasteiger partial charge in [0.2, 0.25) is 5.91 Å². The first-order valence-corrected chi connectivity index (χ1v) is 10.4. The van der Waals surface area contributed by atoms with Crippen LogP contribution < -0.4 is 5.56 Å². The average Bonchev–Trinajstić information content (AvgIpc) is 3.23. The molecule has 0 spiro atoms. The molecule has 1 aliphatic rings. The molecule has 0 unspecified atom stereocenters. The molecule has 1 fully saturated rings. The van der Waals surface area contributed by atoms with Crippen molar-refractivity contribution in [1.29, 1.82) is 0 Å². The summed E-state index contributed by atoms with van der Waals surface area (Å²) >= 11 is 0. The second-order valence-electron chi connectivity index (χ2n) is 7.75. The second-order valence-corrected chi connectivity index (χ2v) is 7.75. The SMILES string of the molecule is O=C(CCn1cnc2ccccc2c1=O)N1CCCC[C@@H]1c1nc2ccccc2[nH]1. The molecule has 5 rings (SSSR count). The molecule has 0 saturated carbocycles. The van der Waals surface area contributed by atoms with Gasteiger partial charge in [0.25, 0.3) is 5.56 Å². The maximum atomic E-state index is 13.1. The Morgan fingerprint density at radius 2 is 1.87 bits per heavy atom. The number of piperidine rings is 1. The maximum absolute atomic E-state index is 13.1. The lowest BCUT2D eigenvalue weighted by Crippen LogP contribution is -2.39. The Labute approximate surface area is 173 Å². The zero-order valence-electron chi connectivity index (χ0n) is 16.6. The van der Waals surface area contributed by atoms with E-state index in [4.69, 9.17) is 4.98 Å². The smallest absolute Gasteiger partial charge is 0.261 e. The predicted octanol–water partition coefficient (Wildman–Crippen LogP) is 3.42. The van der Waals surface area contributed by atoms with Crippen molar-refractivity contribution in [2.45, 2.75) is 38.3 Å². The Kier molecular flexibility index (Phi) is 4.78. The monoisotopic (exact) mass is 401 g/mol. The number of carbonyl (C=O) groups is 1. The number of para-hydroxylation sites is 3. The second kappa shape index (κ2) is 7.74. The molecule has 7 nitrogen and oxygen atoms in total. The summed E-state index contributed by atoms with van der Waals surface area (Å²) in [6.45, 7) is 1.03. The lowest BCUT2D eigenvalue weighted by atomic mass is 10.0. The van der Waals surface area contributed by atoms with Crippen molar-refractivity contribution in [3.05, 3.63) is 71.0 Å². The van der Waals surface area contributed by atoms with Gasteiger partial charge in [-0.05, 0) is 43.5 Å². The Morgan fingerprint density at radius 3 is 2.73 bits per heavy atom. The molecule has 1 atom stereocenters. The number of rotatable bonds is 4. The van der Waals surface area contributed by atoms with E-state index in [9.17, 15) is 9.59 Å². The van der Waals surface area contributed by atoms with Crippen molar-refractivity contribution < 1.29 is 4.79 Å². The molecule has 1 amide bonds. The van der Waals surface area contributed by atoms with E-state index < -0.39 is 0 Å². The Hall–Kier alpha value is -3.48. The van der Waals surface area contributed by atoms with Gasteiger partial charge in [0.15, 0.2) is 0 Å². The molecule has 1 aliphatic heterocycles. The number of carbonyl (C=O) groups excluding carboxylic acids is 1. The van der Waals surface area contributed by atoms with Crippen molar-refractivity contribution in [2.75, 3.05) is 6.54 Å². The van der Waals surface area contributed by atoms with Gasteiger partial charge < -0.3 is 9.88 Å². The van der Waals surface area contributed by atoms with Crippen molar-refractivity contribution in [3.63, 3.8) is 0 Å². The van der Waals surface area contributed by atoms with E-state index in [-0.39, 0.29) is 23.9 Å².